The molecule has 0 amide bonds. The second kappa shape index (κ2) is 6.58. The lowest BCUT2D eigenvalue weighted by atomic mass is 10.1. The summed E-state index contributed by atoms with van der Waals surface area (Å²) in [5.41, 5.74) is 3.38. The van der Waals surface area contributed by atoms with Crippen LogP contribution in [0.4, 0.5) is 5.82 Å². The van der Waals surface area contributed by atoms with E-state index in [1.165, 1.54) is 4.68 Å². The zero-order valence-electron chi connectivity index (χ0n) is 13.9. The predicted octanol–water partition coefficient (Wildman–Crippen LogP) is 3.60. The highest BCUT2D eigenvalue weighted by Crippen LogP contribution is 2.26. The number of hydrogen-bond acceptors (Lipinski definition) is 4. The van der Waals surface area contributed by atoms with Crippen LogP contribution in [0.3, 0.4) is 0 Å². The molecule has 24 heavy (non-hydrogen) atoms. The molecule has 5 heteroatoms. The van der Waals surface area contributed by atoms with Crippen molar-refractivity contribution in [2.75, 3.05) is 19.5 Å². The van der Waals surface area contributed by atoms with E-state index in [-0.39, 0.29) is 5.91 Å². The maximum atomic E-state index is 12.9. The summed E-state index contributed by atoms with van der Waals surface area (Å²) < 4.78 is 6.58. The standard InChI is InChI=1S/C19H19N3O2/c1-13-6-4-5-7-16(13)17-12-18(20-2)21-22(17)19(23)14-8-10-15(24-3)11-9-14/h4-12H,1-3H3,(H,20,21). The van der Waals surface area contributed by atoms with Crippen LogP contribution in [0.25, 0.3) is 11.3 Å². The molecule has 0 aliphatic rings. The van der Waals surface area contributed by atoms with E-state index in [0.29, 0.717) is 17.1 Å². The Morgan fingerprint density at radius 1 is 1.12 bits per heavy atom. The van der Waals surface area contributed by atoms with Gasteiger partial charge in [-0.05, 0) is 36.8 Å². The van der Waals surface area contributed by atoms with Crippen LogP contribution in [-0.2, 0) is 0 Å². The number of carbonyl (C=O) groups is 1. The van der Waals surface area contributed by atoms with Crippen molar-refractivity contribution < 1.29 is 9.53 Å². The van der Waals surface area contributed by atoms with Crippen molar-refractivity contribution in [1.82, 2.24) is 9.78 Å². The average molecular weight is 321 g/mol. The van der Waals surface area contributed by atoms with Crippen molar-refractivity contribution in [2.24, 2.45) is 0 Å². The van der Waals surface area contributed by atoms with Gasteiger partial charge in [0.1, 0.15) is 11.6 Å². The summed E-state index contributed by atoms with van der Waals surface area (Å²) in [5, 5.41) is 7.39. The van der Waals surface area contributed by atoms with Gasteiger partial charge in [0.25, 0.3) is 5.91 Å². The fraction of sp³-hybridized carbons (Fsp3) is 0.158. The number of carbonyl (C=O) groups excluding carboxylic acids is 1. The van der Waals surface area contributed by atoms with Crippen molar-refractivity contribution >= 4 is 11.7 Å². The third-order valence-electron chi connectivity index (χ3n) is 3.92. The Morgan fingerprint density at radius 2 is 1.83 bits per heavy atom. The average Bonchev–Trinajstić information content (AvgIpc) is 3.06. The van der Waals surface area contributed by atoms with E-state index in [1.54, 1.807) is 38.4 Å². The second-order valence-corrected chi connectivity index (χ2v) is 5.43. The maximum absolute atomic E-state index is 12.9. The minimum absolute atomic E-state index is 0.183. The molecular formula is C19H19N3O2. The molecule has 0 radical (unpaired) electrons. The number of aryl methyl sites for hydroxylation is 1. The lowest BCUT2D eigenvalue weighted by Gasteiger charge is -2.09. The van der Waals surface area contributed by atoms with Gasteiger partial charge in [-0.15, -0.1) is 5.10 Å². The van der Waals surface area contributed by atoms with Gasteiger partial charge in [-0.25, -0.2) is 0 Å². The Morgan fingerprint density at radius 3 is 2.46 bits per heavy atom. The van der Waals surface area contributed by atoms with Gasteiger partial charge in [-0.2, -0.15) is 4.68 Å². The monoisotopic (exact) mass is 321 g/mol. The summed E-state index contributed by atoms with van der Waals surface area (Å²) in [6.07, 6.45) is 0. The Hall–Kier alpha value is -3.08. The number of anilines is 1. The number of rotatable bonds is 4. The first-order valence-corrected chi connectivity index (χ1v) is 7.66. The first kappa shape index (κ1) is 15.8. The molecule has 3 aromatic rings. The van der Waals surface area contributed by atoms with Crippen LogP contribution in [0.1, 0.15) is 15.9 Å². The van der Waals surface area contributed by atoms with E-state index in [4.69, 9.17) is 4.74 Å². The molecule has 2 aromatic carbocycles. The summed E-state index contributed by atoms with van der Waals surface area (Å²) in [7, 11) is 3.38. The second-order valence-electron chi connectivity index (χ2n) is 5.43. The Kier molecular flexibility index (Phi) is 4.33. The molecule has 1 heterocycles. The van der Waals surface area contributed by atoms with Gasteiger partial charge in [0.05, 0.1) is 12.8 Å². The number of benzene rings is 2. The molecule has 0 saturated heterocycles. The zero-order chi connectivity index (χ0) is 17.1. The SMILES string of the molecule is CNc1cc(-c2ccccc2C)n(C(=O)c2ccc(OC)cc2)n1. The van der Waals surface area contributed by atoms with E-state index < -0.39 is 0 Å². The fourth-order valence-corrected chi connectivity index (χ4v) is 2.57. The predicted molar refractivity (Wildman–Crippen MR) is 94.7 cm³/mol. The van der Waals surface area contributed by atoms with Gasteiger partial charge in [0.2, 0.25) is 0 Å². The van der Waals surface area contributed by atoms with Gasteiger partial charge in [0.15, 0.2) is 0 Å². The normalized spacial score (nSPS) is 10.5. The molecule has 5 nitrogen and oxygen atoms in total. The minimum Gasteiger partial charge on any atom is -0.497 e. The molecule has 3 rings (SSSR count). The molecule has 0 spiro atoms. The van der Waals surface area contributed by atoms with Crippen molar-refractivity contribution in [2.45, 2.75) is 6.92 Å². The van der Waals surface area contributed by atoms with Crippen LogP contribution in [-0.4, -0.2) is 29.8 Å². The third kappa shape index (κ3) is 2.88. The van der Waals surface area contributed by atoms with Crippen LogP contribution >= 0.6 is 0 Å². The molecule has 0 aliphatic heterocycles. The summed E-state index contributed by atoms with van der Waals surface area (Å²) in [6.45, 7) is 2.02. The number of aromatic nitrogens is 2. The lowest BCUT2D eigenvalue weighted by molar-refractivity contribution is 0.0947. The van der Waals surface area contributed by atoms with Crippen molar-refractivity contribution in [1.29, 1.82) is 0 Å². The summed E-state index contributed by atoms with van der Waals surface area (Å²) in [4.78, 5) is 12.9. The molecule has 0 atom stereocenters. The molecule has 122 valence electrons. The first-order chi connectivity index (χ1) is 11.6. The smallest absolute Gasteiger partial charge is 0.278 e. The topological polar surface area (TPSA) is 56.2 Å². The molecule has 0 fully saturated rings. The van der Waals surface area contributed by atoms with E-state index in [0.717, 1.165) is 16.8 Å². The van der Waals surface area contributed by atoms with Crippen LogP contribution in [0, 0.1) is 6.92 Å². The van der Waals surface area contributed by atoms with Gasteiger partial charge >= 0.3 is 0 Å². The van der Waals surface area contributed by atoms with Crippen LogP contribution in [0.15, 0.2) is 54.6 Å². The third-order valence-corrected chi connectivity index (χ3v) is 3.92. The van der Waals surface area contributed by atoms with Crippen molar-refractivity contribution in [3.05, 3.63) is 65.7 Å². The summed E-state index contributed by atoms with van der Waals surface area (Å²) >= 11 is 0. The van der Waals surface area contributed by atoms with Crippen LogP contribution < -0.4 is 10.1 Å². The first-order valence-electron chi connectivity index (χ1n) is 7.66. The Balaban J connectivity index is 2.08. The molecular weight excluding hydrogens is 302 g/mol. The number of ether oxygens (including phenoxy) is 1. The van der Waals surface area contributed by atoms with Gasteiger partial charge in [0, 0.05) is 24.2 Å². The molecule has 1 N–H and O–H groups in total. The largest absolute Gasteiger partial charge is 0.497 e. The van der Waals surface area contributed by atoms with Crippen LogP contribution in [0.5, 0.6) is 5.75 Å². The maximum Gasteiger partial charge on any atom is 0.278 e. The van der Waals surface area contributed by atoms with E-state index in [9.17, 15) is 4.79 Å². The number of nitrogens with one attached hydrogen (secondary N) is 1. The van der Waals surface area contributed by atoms with Crippen LogP contribution in [0.2, 0.25) is 0 Å². The van der Waals surface area contributed by atoms with Gasteiger partial charge < -0.3 is 10.1 Å². The highest BCUT2D eigenvalue weighted by molar-refractivity contribution is 5.98. The highest BCUT2D eigenvalue weighted by Gasteiger charge is 2.18. The van der Waals surface area contributed by atoms with Gasteiger partial charge in [-0.3, -0.25) is 4.79 Å². The van der Waals surface area contributed by atoms with E-state index >= 15 is 0 Å². The quantitative estimate of drug-likeness (QED) is 0.798. The van der Waals surface area contributed by atoms with Crippen molar-refractivity contribution in [3.8, 4) is 17.0 Å². The summed E-state index contributed by atoms with van der Waals surface area (Å²) in [6, 6.07) is 16.8. The molecule has 0 aliphatic carbocycles. The molecule has 0 unspecified atom stereocenters. The molecule has 0 saturated carbocycles. The summed E-state index contributed by atoms with van der Waals surface area (Å²) in [5.74, 6) is 1.18. The van der Waals surface area contributed by atoms with E-state index in [1.807, 2.05) is 37.3 Å². The fourth-order valence-electron chi connectivity index (χ4n) is 2.57. The Labute approximate surface area is 140 Å². The van der Waals surface area contributed by atoms with Crippen molar-refractivity contribution in [3.63, 3.8) is 0 Å². The molecule has 1 aromatic heterocycles. The van der Waals surface area contributed by atoms with Gasteiger partial charge in [-0.1, -0.05) is 24.3 Å². The molecule has 0 bridgehead atoms. The Bertz CT molecular complexity index is 867. The number of hydrogen-bond donors (Lipinski definition) is 1. The van der Waals surface area contributed by atoms with E-state index in [2.05, 4.69) is 10.4 Å². The minimum atomic E-state index is -0.183. The number of nitrogens with zero attached hydrogens (tertiary/aromatic N) is 2. The highest BCUT2D eigenvalue weighted by atomic mass is 16.5. The number of methoxy groups -OCH3 is 1. The zero-order valence-corrected chi connectivity index (χ0v) is 13.9. The lowest BCUT2D eigenvalue weighted by Crippen LogP contribution is -2.15.